The molecule has 2 aliphatic carbocycles. The molecule has 1 saturated heterocycles. The minimum Gasteiger partial charge on any atom is -0.472 e. The smallest absolute Gasteiger partial charge is 0.251 e. The largest absolute Gasteiger partial charge is 0.472 e. The standard InChI is InChI=1S/C24H36ClN3O2/c1-16-9-11-28(12-10-16)15-17-3-2-4-20(13-17)27-24(29)19-7-8-21(26)22(14-19)30-23(25)18-5-6-18/h7-8,14,16-18,20,23H,2-6,9-13,15,26H2,1H3,(H,27,29). The molecule has 5 nitrogen and oxygen atoms in total. The summed E-state index contributed by atoms with van der Waals surface area (Å²) in [6.07, 6.45) is 9.41. The van der Waals surface area contributed by atoms with E-state index in [-0.39, 0.29) is 17.5 Å². The van der Waals surface area contributed by atoms with Crippen LogP contribution in [0, 0.1) is 17.8 Å². The second-order valence-corrected chi connectivity index (χ2v) is 10.2. The maximum atomic E-state index is 12.9. The highest BCUT2D eigenvalue weighted by Gasteiger charge is 2.32. The van der Waals surface area contributed by atoms with Gasteiger partial charge in [-0.1, -0.05) is 24.9 Å². The molecule has 0 spiro atoms. The van der Waals surface area contributed by atoms with Crippen molar-refractivity contribution < 1.29 is 9.53 Å². The quantitative estimate of drug-likeness (QED) is 0.485. The minimum atomic E-state index is -0.373. The van der Waals surface area contributed by atoms with Crippen LogP contribution in [0.1, 0.15) is 68.6 Å². The van der Waals surface area contributed by atoms with Gasteiger partial charge in [0, 0.05) is 24.1 Å². The summed E-state index contributed by atoms with van der Waals surface area (Å²) in [5, 5.41) is 3.26. The lowest BCUT2D eigenvalue weighted by molar-refractivity contribution is 0.0904. The van der Waals surface area contributed by atoms with Gasteiger partial charge in [-0.25, -0.2) is 0 Å². The maximum absolute atomic E-state index is 12.9. The number of hydrogen-bond donors (Lipinski definition) is 2. The molecular formula is C24H36ClN3O2. The first-order valence-corrected chi connectivity index (χ1v) is 12.1. The van der Waals surface area contributed by atoms with Crippen molar-refractivity contribution in [3.8, 4) is 5.75 Å². The molecule has 3 aliphatic rings. The molecule has 0 radical (unpaired) electrons. The fourth-order valence-electron chi connectivity index (χ4n) is 4.82. The molecule has 1 aliphatic heterocycles. The molecule has 1 aromatic carbocycles. The number of rotatable bonds is 7. The number of hydrogen-bond acceptors (Lipinski definition) is 4. The molecule has 3 fully saturated rings. The van der Waals surface area contributed by atoms with Crippen LogP contribution in [0.3, 0.4) is 0 Å². The molecule has 1 aromatic rings. The summed E-state index contributed by atoms with van der Waals surface area (Å²) >= 11 is 6.29. The van der Waals surface area contributed by atoms with E-state index in [2.05, 4.69) is 17.1 Å². The highest BCUT2D eigenvalue weighted by Crippen LogP contribution is 2.38. The average Bonchev–Trinajstić information content (AvgIpc) is 3.57. The highest BCUT2D eigenvalue weighted by molar-refractivity contribution is 6.20. The third-order valence-corrected chi connectivity index (χ3v) is 7.46. The van der Waals surface area contributed by atoms with Crippen LogP contribution < -0.4 is 15.8 Å². The number of carbonyl (C=O) groups excluding carboxylic acids is 1. The van der Waals surface area contributed by atoms with Crippen molar-refractivity contribution in [3.05, 3.63) is 23.8 Å². The third-order valence-electron chi connectivity index (χ3n) is 7.02. The van der Waals surface area contributed by atoms with Gasteiger partial charge >= 0.3 is 0 Å². The van der Waals surface area contributed by atoms with Crippen LogP contribution in [-0.4, -0.2) is 42.0 Å². The predicted octanol–water partition coefficient (Wildman–Crippen LogP) is 4.64. The Kier molecular flexibility index (Phi) is 7.09. The minimum absolute atomic E-state index is 0.0464. The predicted molar refractivity (Wildman–Crippen MR) is 122 cm³/mol. The van der Waals surface area contributed by atoms with Gasteiger partial charge in [-0.05, 0) is 88.1 Å². The number of likely N-dealkylation sites (tertiary alicyclic amines) is 1. The lowest BCUT2D eigenvalue weighted by atomic mass is 9.84. The van der Waals surface area contributed by atoms with Crippen LogP contribution in [-0.2, 0) is 0 Å². The van der Waals surface area contributed by atoms with Crippen LogP contribution >= 0.6 is 11.6 Å². The number of anilines is 1. The van der Waals surface area contributed by atoms with Crippen molar-refractivity contribution >= 4 is 23.2 Å². The molecule has 3 atom stereocenters. The van der Waals surface area contributed by atoms with Gasteiger partial charge in [0.15, 0.2) is 5.56 Å². The molecular weight excluding hydrogens is 398 g/mol. The second-order valence-electron chi connectivity index (χ2n) is 9.75. The molecule has 6 heteroatoms. The molecule has 166 valence electrons. The molecule has 0 aromatic heterocycles. The lowest BCUT2D eigenvalue weighted by Crippen LogP contribution is -2.42. The number of nitrogens with zero attached hydrogens (tertiary/aromatic N) is 1. The molecule has 1 amide bonds. The first-order valence-electron chi connectivity index (χ1n) is 11.7. The topological polar surface area (TPSA) is 67.6 Å². The zero-order valence-corrected chi connectivity index (χ0v) is 18.9. The van der Waals surface area contributed by atoms with Crippen molar-refractivity contribution in [2.45, 2.75) is 69.9 Å². The Morgan fingerprint density at radius 2 is 2.00 bits per heavy atom. The number of piperidine rings is 1. The van der Waals surface area contributed by atoms with E-state index in [1.807, 2.05) is 0 Å². The highest BCUT2D eigenvalue weighted by atomic mass is 35.5. The average molecular weight is 434 g/mol. The number of halogens is 1. The van der Waals surface area contributed by atoms with Crippen molar-refractivity contribution in [1.29, 1.82) is 0 Å². The van der Waals surface area contributed by atoms with Gasteiger partial charge in [-0.2, -0.15) is 0 Å². The zero-order chi connectivity index (χ0) is 21.1. The summed E-state index contributed by atoms with van der Waals surface area (Å²) in [6, 6.07) is 5.49. The second kappa shape index (κ2) is 9.78. The SMILES string of the molecule is CC1CCN(CC2CCCC(NC(=O)c3ccc(N)c(OC(Cl)C4CC4)c3)C2)CC1. The molecule has 3 unspecified atom stereocenters. The van der Waals surface area contributed by atoms with Gasteiger partial charge in [0.2, 0.25) is 0 Å². The van der Waals surface area contributed by atoms with E-state index in [0.717, 1.165) is 31.6 Å². The maximum Gasteiger partial charge on any atom is 0.251 e. The van der Waals surface area contributed by atoms with E-state index in [4.69, 9.17) is 22.1 Å². The molecule has 0 bridgehead atoms. The number of carbonyl (C=O) groups is 1. The van der Waals surface area contributed by atoms with Crippen molar-refractivity contribution in [3.63, 3.8) is 0 Å². The van der Waals surface area contributed by atoms with E-state index < -0.39 is 0 Å². The number of nitrogen functional groups attached to an aromatic ring is 1. The summed E-state index contributed by atoms with van der Waals surface area (Å²) in [7, 11) is 0. The fraction of sp³-hybridized carbons (Fsp3) is 0.708. The van der Waals surface area contributed by atoms with E-state index in [0.29, 0.717) is 28.8 Å². The number of amides is 1. The number of nitrogens with two attached hydrogens (primary N) is 1. The van der Waals surface area contributed by atoms with Gasteiger partial charge in [-0.15, -0.1) is 0 Å². The van der Waals surface area contributed by atoms with Crippen LogP contribution in [0.25, 0.3) is 0 Å². The summed E-state index contributed by atoms with van der Waals surface area (Å²) in [6.45, 7) is 5.99. The molecule has 4 rings (SSSR count). The lowest BCUT2D eigenvalue weighted by Gasteiger charge is -2.36. The molecule has 3 N–H and O–H groups in total. The van der Waals surface area contributed by atoms with E-state index in [1.165, 1.54) is 45.3 Å². The molecule has 1 heterocycles. The van der Waals surface area contributed by atoms with Crippen LogP contribution in [0.15, 0.2) is 18.2 Å². The van der Waals surface area contributed by atoms with Crippen LogP contribution in [0.2, 0.25) is 0 Å². The van der Waals surface area contributed by atoms with E-state index in [9.17, 15) is 4.79 Å². The Labute approximate surface area is 185 Å². The number of benzene rings is 1. The van der Waals surface area contributed by atoms with Gasteiger partial charge in [0.25, 0.3) is 5.91 Å². The Balaban J connectivity index is 1.30. The van der Waals surface area contributed by atoms with E-state index in [1.54, 1.807) is 18.2 Å². The first-order chi connectivity index (χ1) is 14.5. The van der Waals surface area contributed by atoms with Crippen molar-refractivity contribution in [2.24, 2.45) is 17.8 Å². The van der Waals surface area contributed by atoms with Crippen LogP contribution in [0.4, 0.5) is 5.69 Å². The van der Waals surface area contributed by atoms with E-state index >= 15 is 0 Å². The van der Waals surface area contributed by atoms with Gasteiger partial charge in [0.1, 0.15) is 5.75 Å². The summed E-state index contributed by atoms with van der Waals surface area (Å²) < 4.78 is 5.81. The monoisotopic (exact) mass is 433 g/mol. The molecule has 30 heavy (non-hydrogen) atoms. The fourth-order valence-corrected chi connectivity index (χ4v) is 5.17. The summed E-state index contributed by atoms with van der Waals surface area (Å²) in [5.41, 5.74) is 6.77. The number of alkyl halides is 1. The van der Waals surface area contributed by atoms with Gasteiger partial charge < -0.3 is 20.7 Å². The normalized spacial score (nSPS) is 26.9. The Morgan fingerprint density at radius 1 is 1.23 bits per heavy atom. The van der Waals surface area contributed by atoms with Crippen molar-refractivity contribution in [1.82, 2.24) is 10.2 Å². The van der Waals surface area contributed by atoms with Gasteiger partial charge in [-0.3, -0.25) is 4.79 Å². The Morgan fingerprint density at radius 3 is 2.73 bits per heavy atom. The first kappa shape index (κ1) is 21.8. The Bertz CT molecular complexity index is 731. The summed E-state index contributed by atoms with van der Waals surface area (Å²) in [5.74, 6) is 2.40. The number of nitrogens with one attached hydrogen (secondary N) is 1. The van der Waals surface area contributed by atoms with Gasteiger partial charge in [0.05, 0.1) is 5.69 Å². The molecule has 2 saturated carbocycles. The third kappa shape index (κ3) is 5.82. The Hall–Kier alpha value is -1.46. The summed E-state index contributed by atoms with van der Waals surface area (Å²) in [4.78, 5) is 15.5. The van der Waals surface area contributed by atoms with Crippen molar-refractivity contribution in [2.75, 3.05) is 25.4 Å². The zero-order valence-electron chi connectivity index (χ0n) is 18.1. The number of ether oxygens (including phenoxy) is 1. The van der Waals surface area contributed by atoms with Crippen LogP contribution in [0.5, 0.6) is 5.75 Å².